The summed E-state index contributed by atoms with van der Waals surface area (Å²) in [6.45, 7) is 5.90. The van der Waals surface area contributed by atoms with Crippen molar-refractivity contribution in [2.24, 2.45) is 0 Å². The molecule has 0 aromatic heterocycles. The molecular formula is C32H33N3O4. The van der Waals surface area contributed by atoms with Crippen LogP contribution in [0.15, 0.2) is 66.2 Å². The molecule has 4 rings (SSSR count). The normalized spacial score (nSPS) is 13.4. The zero-order valence-electron chi connectivity index (χ0n) is 22.6. The minimum atomic E-state index is -0.484. The average molecular weight is 524 g/mol. The van der Waals surface area contributed by atoms with Crippen molar-refractivity contribution in [3.63, 3.8) is 0 Å². The van der Waals surface area contributed by atoms with Gasteiger partial charge in [0.25, 0.3) is 11.8 Å². The van der Waals surface area contributed by atoms with E-state index in [0.717, 1.165) is 42.6 Å². The molecule has 1 fully saturated rings. The fraction of sp³-hybridized carbons (Fsp3) is 0.281. The number of hydrogen-bond acceptors (Lipinski definition) is 5. The van der Waals surface area contributed by atoms with Crippen LogP contribution in [0.4, 0.5) is 5.69 Å². The molecule has 3 aromatic rings. The summed E-state index contributed by atoms with van der Waals surface area (Å²) in [5.41, 5.74) is 5.02. The smallest absolute Gasteiger partial charge is 0.266 e. The van der Waals surface area contributed by atoms with E-state index in [0.29, 0.717) is 34.9 Å². The third-order valence-electron chi connectivity index (χ3n) is 6.87. The number of likely N-dealkylation sites (tertiary alicyclic amines) is 1. The lowest BCUT2D eigenvalue weighted by molar-refractivity contribution is -0.112. The number of nitrogens with one attached hydrogen (secondary N) is 1. The largest absolute Gasteiger partial charge is 0.493 e. The predicted molar refractivity (Wildman–Crippen MR) is 152 cm³/mol. The molecular weight excluding hydrogens is 490 g/mol. The minimum Gasteiger partial charge on any atom is -0.493 e. The van der Waals surface area contributed by atoms with Gasteiger partial charge in [-0.25, -0.2) is 0 Å². The highest BCUT2D eigenvalue weighted by atomic mass is 16.5. The van der Waals surface area contributed by atoms with Crippen LogP contribution >= 0.6 is 0 Å². The maximum absolute atomic E-state index is 12.7. The second-order valence-electron chi connectivity index (χ2n) is 9.67. The maximum atomic E-state index is 12.7. The lowest BCUT2D eigenvalue weighted by Crippen LogP contribution is -2.35. The maximum Gasteiger partial charge on any atom is 0.266 e. The highest BCUT2D eigenvalue weighted by Crippen LogP contribution is 2.30. The quantitative estimate of drug-likeness (QED) is 0.286. The van der Waals surface area contributed by atoms with Crippen molar-refractivity contribution in [1.82, 2.24) is 4.90 Å². The average Bonchev–Trinajstić information content (AvgIpc) is 2.97. The Hall–Kier alpha value is -4.57. The van der Waals surface area contributed by atoms with Crippen LogP contribution in [0.1, 0.15) is 51.9 Å². The predicted octanol–water partition coefficient (Wildman–Crippen LogP) is 6.06. The third-order valence-corrected chi connectivity index (χ3v) is 6.87. The van der Waals surface area contributed by atoms with E-state index in [2.05, 4.69) is 5.32 Å². The number of carbonyl (C=O) groups is 2. The Bertz CT molecular complexity index is 1410. The summed E-state index contributed by atoms with van der Waals surface area (Å²) in [5.74, 6) is 0.600. The number of carbonyl (C=O) groups excluding carboxylic acids is 2. The monoisotopic (exact) mass is 523 g/mol. The van der Waals surface area contributed by atoms with E-state index in [1.807, 2.05) is 67.3 Å². The lowest BCUT2D eigenvalue weighted by atomic mass is 10.1. The Morgan fingerprint density at radius 3 is 2.36 bits per heavy atom. The van der Waals surface area contributed by atoms with Crippen LogP contribution in [0.5, 0.6) is 11.5 Å². The van der Waals surface area contributed by atoms with Crippen LogP contribution in [-0.2, 0) is 11.4 Å². The minimum absolute atomic E-state index is 0.0249. The van der Waals surface area contributed by atoms with Gasteiger partial charge in [-0.2, -0.15) is 5.26 Å². The summed E-state index contributed by atoms with van der Waals surface area (Å²) >= 11 is 0. The van der Waals surface area contributed by atoms with Gasteiger partial charge in [-0.1, -0.05) is 24.3 Å². The van der Waals surface area contributed by atoms with Gasteiger partial charge in [0.15, 0.2) is 11.5 Å². The highest BCUT2D eigenvalue weighted by Gasteiger charge is 2.18. The first kappa shape index (κ1) is 27.5. The second-order valence-corrected chi connectivity index (χ2v) is 9.67. The summed E-state index contributed by atoms with van der Waals surface area (Å²) in [5, 5.41) is 12.4. The van der Waals surface area contributed by atoms with Crippen LogP contribution in [0.2, 0.25) is 0 Å². The van der Waals surface area contributed by atoms with E-state index in [-0.39, 0.29) is 11.5 Å². The molecule has 0 aliphatic carbocycles. The molecule has 0 bridgehead atoms. The highest BCUT2D eigenvalue weighted by molar-refractivity contribution is 6.09. The molecule has 1 saturated heterocycles. The molecule has 1 heterocycles. The van der Waals surface area contributed by atoms with E-state index in [1.165, 1.54) is 19.6 Å². The number of rotatable bonds is 8. The lowest BCUT2D eigenvalue weighted by Gasteiger charge is -2.26. The summed E-state index contributed by atoms with van der Waals surface area (Å²) < 4.78 is 11.5. The molecule has 7 heteroatoms. The zero-order valence-corrected chi connectivity index (χ0v) is 22.6. The van der Waals surface area contributed by atoms with Gasteiger partial charge in [0, 0.05) is 24.3 Å². The summed E-state index contributed by atoms with van der Waals surface area (Å²) in [4.78, 5) is 27.3. The van der Waals surface area contributed by atoms with Crippen LogP contribution in [0.3, 0.4) is 0 Å². The van der Waals surface area contributed by atoms with Gasteiger partial charge < -0.3 is 19.7 Å². The summed E-state index contributed by atoms with van der Waals surface area (Å²) in [6.07, 6.45) is 4.82. The molecule has 0 unspecified atom stereocenters. The number of ether oxygens (including phenoxy) is 2. The molecule has 7 nitrogen and oxygen atoms in total. The zero-order chi connectivity index (χ0) is 27.8. The third kappa shape index (κ3) is 7.05. The second kappa shape index (κ2) is 12.8. The number of aryl methyl sites for hydroxylation is 2. The number of methoxy groups -OCH3 is 1. The molecule has 0 spiro atoms. The van der Waals surface area contributed by atoms with E-state index < -0.39 is 5.91 Å². The van der Waals surface area contributed by atoms with Crippen molar-refractivity contribution in [3.8, 4) is 17.6 Å². The molecule has 1 aliphatic heterocycles. The van der Waals surface area contributed by atoms with Crippen molar-refractivity contribution in [3.05, 3.63) is 94.1 Å². The Morgan fingerprint density at radius 2 is 1.69 bits per heavy atom. The number of benzene rings is 3. The van der Waals surface area contributed by atoms with Gasteiger partial charge in [-0.3, -0.25) is 9.59 Å². The number of piperidine rings is 1. The van der Waals surface area contributed by atoms with Crippen LogP contribution in [0, 0.1) is 25.2 Å². The molecule has 39 heavy (non-hydrogen) atoms. The molecule has 3 aromatic carbocycles. The first-order chi connectivity index (χ1) is 18.9. The van der Waals surface area contributed by atoms with Crippen molar-refractivity contribution < 1.29 is 19.1 Å². The van der Waals surface area contributed by atoms with Gasteiger partial charge in [0.2, 0.25) is 0 Å². The summed E-state index contributed by atoms with van der Waals surface area (Å²) in [7, 11) is 1.54. The van der Waals surface area contributed by atoms with E-state index >= 15 is 0 Å². The number of nitrogens with zero attached hydrogens (tertiary/aromatic N) is 2. The van der Waals surface area contributed by atoms with Gasteiger partial charge in [0.05, 0.1) is 7.11 Å². The van der Waals surface area contributed by atoms with Crippen molar-refractivity contribution in [2.45, 2.75) is 39.7 Å². The topological polar surface area (TPSA) is 91.7 Å². The molecule has 0 atom stereocenters. The first-order valence-corrected chi connectivity index (χ1v) is 13.1. The summed E-state index contributed by atoms with van der Waals surface area (Å²) in [6, 6.07) is 20.3. The first-order valence-electron chi connectivity index (χ1n) is 13.1. The number of amides is 2. The molecule has 2 amide bonds. The van der Waals surface area contributed by atoms with Gasteiger partial charge in [-0.15, -0.1) is 0 Å². The fourth-order valence-corrected chi connectivity index (χ4v) is 4.41. The standard InChI is InChI=1S/C32H33N3O4/c1-22-7-13-28(17-23(22)2)34-31(36)27(20-33)18-25-10-14-29(30(19-25)38-3)39-21-24-8-11-26(12-9-24)32(37)35-15-5-4-6-16-35/h7-14,17-19H,4-6,15-16,21H2,1-3H3,(H,34,36)/b27-18-. The van der Waals surface area contributed by atoms with Crippen LogP contribution < -0.4 is 14.8 Å². The Morgan fingerprint density at radius 1 is 0.949 bits per heavy atom. The van der Waals surface area contributed by atoms with E-state index in [9.17, 15) is 14.9 Å². The Balaban J connectivity index is 1.40. The van der Waals surface area contributed by atoms with E-state index in [1.54, 1.807) is 18.2 Å². The van der Waals surface area contributed by atoms with Crippen LogP contribution in [-0.4, -0.2) is 36.9 Å². The molecule has 1 aliphatic rings. The Kier molecular flexibility index (Phi) is 9.01. The molecule has 200 valence electrons. The Labute approximate surface area is 229 Å². The van der Waals surface area contributed by atoms with Gasteiger partial charge in [0.1, 0.15) is 18.2 Å². The molecule has 1 N–H and O–H groups in total. The van der Waals surface area contributed by atoms with Gasteiger partial charge >= 0.3 is 0 Å². The molecule has 0 saturated carbocycles. The van der Waals surface area contributed by atoms with Crippen LogP contribution in [0.25, 0.3) is 6.08 Å². The number of hydrogen-bond donors (Lipinski definition) is 1. The van der Waals surface area contributed by atoms with E-state index in [4.69, 9.17) is 9.47 Å². The number of nitriles is 1. The fourth-order valence-electron chi connectivity index (χ4n) is 4.41. The van der Waals surface area contributed by atoms with Crippen molar-refractivity contribution in [2.75, 3.05) is 25.5 Å². The van der Waals surface area contributed by atoms with Crippen molar-refractivity contribution in [1.29, 1.82) is 5.26 Å². The SMILES string of the molecule is COc1cc(/C=C(/C#N)C(=O)Nc2ccc(C)c(C)c2)ccc1OCc1ccc(C(=O)N2CCCCC2)cc1. The number of anilines is 1. The van der Waals surface area contributed by atoms with Crippen molar-refractivity contribution >= 4 is 23.6 Å². The molecule has 0 radical (unpaired) electrons. The van der Waals surface area contributed by atoms with Gasteiger partial charge in [-0.05, 0) is 97.8 Å².